The maximum atomic E-state index is 13.0. The van der Waals surface area contributed by atoms with Gasteiger partial charge in [0.25, 0.3) is 0 Å². The number of imide groups is 1. The second-order valence-corrected chi connectivity index (χ2v) is 8.93. The molecule has 172 valence electrons. The molecule has 0 radical (unpaired) electrons. The highest BCUT2D eigenvalue weighted by atomic mass is 16.4. The molecular formula is C23H30N4O5. The Labute approximate surface area is 186 Å². The molecule has 2 aromatic rings. The maximum Gasteiger partial charge on any atom is 0.329 e. The van der Waals surface area contributed by atoms with Gasteiger partial charge in [-0.15, -0.1) is 0 Å². The van der Waals surface area contributed by atoms with Crippen LogP contribution >= 0.6 is 0 Å². The Hall–Kier alpha value is -2.94. The number of amides is 2. The first-order valence-corrected chi connectivity index (χ1v) is 11.3. The first kappa shape index (κ1) is 22.3. The summed E-state index contributed by atoms with van der Waals surface area (Å²) in [6.45, 7) is 2.45. The molecule has 2 fully saturated rings. The van der Waals surface area contributed by atoms with Gasteiger partial charge in [0.05, 0.1) is 17.5 Å². The summed E-state index contributed by atoms with van der Waals surface area (Å²) in [5.41, 5.74) is 2.42. The van der Waals surface area contributed by atoms with Crippen molar-refractivity contribution < 1.29 is 19.5 Å². The zero-order chi connectivity index (χ0) is 22.8. The number of aliphatic carboxylic acids is 1. The highest BCUT2D eigenvalue weighted by Gasteiger charge is 2.31. The van der Waals surface area contributed by atoms with Crippen LogP contribution in [0.2, 0.25) is 0 Å². The zero-order valence-electron chi connectivity index (χ0n) is 18.4. The van der Waals surface area contributed by atoms with Gasteiger partial charge in [0.15, 0.2) is 0 Å². The van der Waals surface area contributed by atoms with E-state index in [4.69, 9.17) is 5.11 Å². The van der Waals surface area contributed by atoms with E-state index in [1.807, 2.05) is 18.2 Å². The number of nitrogens with zero attached hydrogens (tertiary/aromatic N) is 3. The van der Waals surface area contributed by atoms with Crippen LogP contribution in [0.3, 0.4) is 0 Å². The number of rotatable bonds is 7. The molecule has 2 N–H and O–H groups in total. The molecule has 2 saturated heterocycles. The van der Waals surface area contributed by atoms with E-state index in [9.17, 15) is 19.2 Å². The first-order chi connectivity index (χ1) is 15.3. The smallest absolute Gasteiger partial charge is 0.329 e. The third-order valence-electron chi connectivity index (χ3n) is 6.88. The van der Waals surface area contributed by atoms with Gasteiger partial charge in [-0.1, -0.05) is 12.1 Å². The van der Waals surface area contributed by atoms with E-state index in [1.54, 1.807) is 11.6 Å². The molecule has 3 heterocycles. The Bertz CT molecular complexity index is 1090. The maximum absolute atomic E-state index is 13.0. The molecule has 0 spiro atoms. The van der Waals surface area contributed by atoms with Crippen LogP contribution in [0.1, 0.15) is 50.1 Å². The molecule has 0 bridgehead atoms. The molecule has 1 atom stereocenters. The fourth-order valence-electron chi connectivity index (χ4n) is 5.06. The molecule has 0 aliphatic carbocycles. The number of hydrogen-bond acceptors (Lipinski definition) is 5. The van der Waals surface area contributed by atoms with E-state index in [0.717, 1.165) is 55.4 Å². The number of benzene rings is 1. The van der Waals surface area contributed by atoms with Crippen LogP contribution in [0.25, 0.3) is 11.0 Å². The van der Waals surface area contributed by atoms with E-state index in [0.29, 0.717) is 18.9 Å². The lowest BCUT2D eigenvalue weighted by Gasteiger charge is -2.31. The Morgan fingerprint density at radius 3 is 2.59 bits per heavy atom. The Kier molecular flexibility index (Phi) is 6.45. The van der Waals surface area contributed by atoms with Gasteiger partial charge >= 0.3 is 11.7 Å². The highest BCUT2D eigenvalue weighted by molar-refractivity contribution is 6.00. The molecule has 2 aliphatic heterocycles. The summed E-state index contributed by atoms with van der Waals surface area (Å²) >= 11 is 0. The van der Waals surface area contributed by atoms with E-state index in [2.05, 4.69) is 10.2 Å². The van der Waals surface area contributed by atoms with Gasteiger partial charge in [0, 0.05) is 20.0 Å². The van der Waals surface area contributed by atoms with Crippen molar-refractivity contribution in [2.75, 3.05) is 19.6 Å². The molecule has 9 heteroatoms. The predicted octanol–water partition coefficient (Wildman–Crippen LogP) is 1.44. The Morgan fingerprint density at radius 2 is 1.91 bits per heavy atom. The fourth-order valence-corrected chi connectivity index (χ4v) is 5.06. The molecule has 2 aliphatic rings. The average molecular weight is 443 g/mol. The van der Waals surface area contributed by atoms with Crippen molar-refractivity contribution >= 4 is 28.8 Å². The Balaban J connectivity index is 1.48. The van der Waals surface area contributed by atoms with E-state index >= 15 is 0 Å². The summed E-state index contributed by atoms with van der Waals surface area (Å²) in [5, 5.41) is 11.2. The van der Waals surface area contributed by atoms with Gasteiger partial charge in [0.1, 0.15) is 6.04 Å². The molecule has 32 heavy (non-hydrogen) atoms. The monoisotopic (exact) mass is 442 g/mol. The van der Waals surface area contributed by atoms with Gasteiger partial charge < -0.3 is 10.0 Å². The highest BCUT2D eigenvalue weighted by Crippen LogP contribution is 2.28. The summed E-state index contributed by atoms with van der Waals surface area (Å²) in [7, 11) is 1.73. The van der Waals surface area contributed by atoms with Crippen LogP contribution in [0.4, 0.5) is 0 Å². The topological polar surface area (TPSA) is 114 Å². The third-order valence-corrected chi connectivity index (χ3v) is 6.88. The lowest BCUT2D eigenvalue weighted by atomic mass is 9.90. The van der Waals surface area contributed by atoms with Crippen LogP contribution < -0.4 is 11.0 Å². The standard InChI is InChI=1S/C23H30N4O5/c1-25-21-16(6-5-15-9-12-26(13-10-15)14-11-20(29)30)3-2-4-17(21)27(23(25)32)18-7-8-19(28)24-22(18)31/h2-4,15,18H,5-14H2,1H3,(H,29,30)(H,24,28,31). The van der Waals surface area contributed by atoms with Crippen molar-refractivity contribution in [2.45, 2.75) is 51.0 Å². The molecular weight excluding hydrogens is 412 g/mol. The summed E-state index contributed by atoms with van der Waals surface area (Å²) in [4.78, 5) is 49.9. The number of piperidine rings is 2. The number of carbonyl (C=O) groups is 3. The number of fused-ring (bicyclic) bond motifs is 1. The van der Waals surface area contributed by atoms with E-state index in [1.165, 1.54) is 4.57 Å². The van der Waals surface area contributed by atoms with Gasteiger partial charge in [-0.05, 0) is 62.7 Å². The van der Waals surface area contributed by atoms with E-state index in [-0.39, 0.29) is 24.4 Å². The minimum absolute atomic E-state index is 0.185. The van der Waals surface area contributed by atoms with Crippen molar-refractivity contribution in [1.29, 1.82) is 0 Å². The number of imidazole rings is 1. The van der Waals surface area contributed by atoms with Gasteiger partial charge in [0.2, 0.25) is 11.8 Å². The zero-order valence-corrected chi connectivity index (χ0v) is 18.4. The number of carboxylic acid groups (broad SMARTS) is 1. The van der Waals surface area contributed by atoms with Gasteiger partial charge in [-0.25, -0.2) is 4.79 Å². The SMILES string of the molecule is Cn1c(=O)n(C2CCC(=O)NC2=O)c2cccc(CCC3CCN(CCC(=O)O)CC3)c21. The second kappa shape index (κ2) is 9.28. The molecule has 1 aromatic heterocycles. The van der Waals surface area contributed by atoms with E-state index < -0.39 is 17.9 Å². The van der Waals surface area contributed by atoms with Crippen molar-refractivity contribution in [3.63, 3.8) is 0 Å². The number of hydrogen-bond donors (Lipinski definition) is 2. The summed E-state index contributed by atoms with van der Waals surface area (Å²) in [6.07, 6.45) is 4.67. The quantitative estimate of drug-likeness (QED) is 0.628. The summed E-state index contributed by atoms with van der Waals surface area (Å²) < 4.78 is 3.14. The van der Waals surface area contributed by atoms with Crippen molar-refractivity contribution in [3.05, 3.63) is 34.2 Å². The normalized spacial score (nSPS) is 20.6. The number of carbonyl (C=O) groups excluding carboxylic acids is 2. The minimum Gasteiger partial charge on any atom is -0.481 e. The van der Waals surface area contributed by atoms with Gasteiger partial charge in [-0.2, -0.15) is 0 Å². The largest absolute Gasteiger partial charge is 0.481 e. The first-order valence-electron chi connectivity index (χ1n) is 11.3. The molecule has 4 rings (SSSR count). The third kappa shape index (κ3) is 4.48. The lowest BCUT2D eigenvalue weighted by Crippen LogP contribution is -2.44. The molecule has 1 unspecified atom stereocenters. The second-order valence-electron chi connectivity index (χ2n) is 8.93. The van der Waals surface area contributed by atoms with Gasteiger partial charge in [-0.3, -0.25) is 28.8 Å². The predicted molar refractivity (Wildman–Crippen MR) is 118 cm³/mol. The number of nitrogens with one attached hydrogen (secondary N) is 1. The van der Waals surface area contributed by atoms with Crippen LogP contribution in [-0.2, 0) is 27.9 Å². The van der Waals surface area contributed by atoms with Crippen molar-refractivity contribution in [3.8, 4) is 0 Å². The number of aromatic nitrogens is 2. The number of likely N-dealkylation sites (tertiary alicyclic amines) is 1. The molecule has 9 nitrogen and oxygen atoms in total. The summed E-state index contributed by atoms with van der Waals surface area (Å²) in [5.74, 6) is -0.902. The van der Waals surface area contributed by atoms with Crippen LogP contribution in [0.5, 0.6) is 0 Å². The summed E-state index contributed by atoms with van der Waals surface area (Å²) in [6, 6.07) is 5.16. The van der Waals surface area contributed by atoms with Crippen LogP contribution in [0, 0.1) is 5.92 Å². The molecule has 1 aromatic carbocycles. The number of carboxylic acids is 1. The molecule has 0 saturated carbocycles. The fraction of sp³-hybridized carbons (Fsp3) is 0.565. The number of para-hydroxylation sites is 1. The van der Waals surface area contributed by atoms with Crippen molar-refractivity contribution in [1.82, 2.24) is 19.4 Å². The Morgan fingerprint density at radius 1 is 1.16 bits per heavy atom. The minimum atomic E-state index is -0.755. The van der Waals surface area contributed by atoms with Crippen molar-refractivity contribution in [2.24, 2.45) is 13.0 Å². The lowest BCUT2D eigenvalue weighted by molar-refractivity contribution is -0.138. The molecule has 2 amide bonds. The number of aryl methyl sites for hydroxylation is 2. The average Bonchev–Trinajstić information content (AvgIpc) is 3.02. The van der Waals surface area contributed by atoms with Crippen LogP contribution in [-0.4, -0.2) is 56.6 Å². The van der Waals surface area contributed by atoms with Crippen LogP contribution in [0.15, 0.2) is 23.0 Å².